The van der Waals surface area contributed by atoms with Gasteiger partial charge in [0.1, 0.15) is 0 Å². The lowest BCUT2D eigenvalue weighted by molar-refractivity contribution is 0.0976. The molecule has 0 spiro atoms. The lowest BCUT2D eigenvalue weighted by atomic mass is 10.2. The lowest BCUT2D eigenvalue weighted by Crippen LogP contribution is -2.34. The summed E-state index contributed by atoms with van der Waals surface area (Å²) in [7, 11) is 0. The molecule has 2 aromatic carbocycles. The van der Waals surface area contributed by atoms with Crippen LogP contribution in [-0.4, -0.2) is 11.0 Å². The Hall–Kier alpha value is -2.32. The molecule has 0 fully saturated rings. The molecule has 4 N–H and O–H groups in total. The number of hydrogen-bond donors (Lipinski definition) is 3. The number of carbonyl (C=O) groups excluding carboxylic acids is 1. The molecule has 0 radical (unpaired) electrons. The normalized spacial score (nSPS) is 9.70. The number of hydrogen-bond acceptors (Lipinski definition) is 3. The molecule has 122 valence electrons. The van der Waals surface area contributed by atoms with Gasteiger partial charge in [0.25, 0.3) is 5.91 Å². The first-order valence-electron chi connectivity index (χ1n) is 5.99. The van der Waals surface area contributed by atoms with Gasteiger partial charge >= 0.3 is 0 Å². The van der Waals surface area contributed by atoms with Crippen molar-refractivity contribution >= 4 is 47.0 Å². The minimum Gasteiger partial charge on any atom is -0.399 e. The number of carbonyl (C=O) groups is 1. The van der Waals surface area contributed by atoms with Crippen LogP contribution in [0.5, 0.6) is 0 Å². The number of thiocarbonyl (C=S) groups is 1. The molecule has 1 amide bonds. The fourth-order valence-corrected chi connectivity index (χ4v) is 1.80. The smallest absolute Gasteiger partial charge is 0.257 e. The zero-order valence-corrected chi connectivity index (χ0v) is 13.0. The summed E-state index contributed by atoms with van der Waals surface area (Å²) in [6.07, 6.45) is 0. The monoisotopic (exact) mass is 361 g/mol. The van der Waals surface area contributed by atoms with Crippen LogP contribution in [0.3, 0.4) is 0 Å². The maximum Gasteiger partial charge on any atom is 0.257 e. The van der Waals surface area contributed by atoms with E-state index in [1.807, 2.05) is 0 Å². The van der Waals surface area contributed by atoms with E-state index in [9.17, 15) is 18.0 Å². The zero-order chi connectivity index (χ0) is 16.3. The van der Waals surface area contributed by atoms with Crippen molar-refractivity contribution in [2.75, 3.05) is 11.1 Å². The van der Waals surface area contributed by atoms with Crippen molar-refractivity contribution in [3.05, 3.63) is 59.4 Å². The third-order valence-corrected chi connectivity index (χ3v) is 2.85. The van der Waals surface area contributed by atoms with Gasteiger partial charge in [-0.3, -0.25) is 10.1 Å². The molecule has 2 rings (SSSR count). The molecule has 0 bridgehead atoms. The molecule has 0 aliphatic rings. The summed E-state index contributed by atoms with van der Waals surface area (Å²) in [5, 5.41) is 4.84. The number of nitrogens with one attached hydrogen (secondary N) is 2. The first kappa shape index (κ1) is 18.7. The van der Waals surface area contributed by atoms with Gasteiger partial charge in [-0.2, -0.15) is 0 Å². The van der Waals surface area contributed by atoms with Crippen LogP contribution >= 0.6 is 24.6 Å². The first-order valence-corrected chi connectivity index (χ1v) is 6.40. The summed E-state index contributed by atoms with van der Waals surface area (Å²) in [5.74, 6) is -5.42. The van der Waals surface area contributed by atoms with E-state index in [0.29, 0.717) is 23.5 Å². The van der Waals surface area contributed by atoms with Gasteiger partial charge in [-0.15, -0.1) is 12.4 Å². The summed E-state index contributed by atoms with van der Waals surface area (Å²) in [6.45, 7) is 0. The first-order chi connectivity index (χ1) is 10.4. The van der Waals surface area contributed by atoms with Crippen molar-refractivity contribution in [2.24, 2.45) is 0 Å². The molecule has 0 unspecified atom stereocenters. The van der Waals surface area contributed by atoms with Crippen molar-refractivity contribution in [2.45, 2.75) is 0 Å². The van der Waals surface area contributed by atoms with Crippen LogP contribution in [0.4, 0.5) is 24.5 Å². The van der Waals surface area contributed by atoms with Crippen molar-refractivity contribution in [1.82, 2.24) is 5.32 Å². The van der Waals surface area contributed by atoms with Crippen molar-refractivity contribution in [1.29, 1.82) is 0 Å². The number of rotatable bonds is 2. The number of nitrogens with two attached hydrogens (primary N) is 1. The van der Waals surface area contributed by atoms with Crippen LogP contribution in [-0.2, 0) is 0 Å². The molecular weight excluding hydrogens is 351 g/mol. The number of anilines is 2. The SMILES string of the molecule is Cl.Nc1ccc(NC(=S)NC(=O)c2cc(F)c(F)c(F)c2)cc1. The summed E-state index contributed by atoms with van der Waals surface area (Å²) < 4.78 is 39.0. The van der Waals surface area contributed by atoms with Crippen molar-refractivity contribution in [3.8, 4) is 0 Å². The van der Waals surface area contributed by atoms with E-state index >= 15 is 0 Å². The standard InChI is InChI=1S/C14H10F3N3OS.ClH/c15-10-5-7(6-11(16)12(10)17)13(21)20-14(22)19-9-3-1-8(18)2-4-9;/h1-6H,18H2,(H2,19,20,21,22);1H. The molecule has 0 aromatic heterocycles. The Morgan fingerprint density at radius 1 is 1.04 bits per heavy atom. The van der Waals surface area contributed by atoms with Crippen LogP contribution in [0, 0.1) is 17.5 Å². The van der Waals surface area contributed by atoms with E-state index in [0.717, 1.165) is 0 Å². The molecule has 2 aromatic rings. The molecule has 0 aliphatic carbocycles. The predicted octanol–water partition coefficient (Wildman–Crippen LogP) is 3.23. The molecule has 0 saturated heterocycles. The van der Waals surface area contributed by atoms with Gasteiger partial charge in [0.2, 0.25) is 0 Å². The largest absolute Gasteiger partial charge is 0.399 e. The maximum atomic E-state index is 13.1. The predicted molar refractivity (Wildman–Crippen MR) is 88.1 cm³/mol. The maximum absolute atomic E-state index is 13.1. The Balaban J connectivity index is 0.00000264. The van der Waals surface area contributed by atoms with E-state index in [4.69, 9.17) is 18.0 Å². The summed E-state index contributed by atoms with van der Waals surface area (Å²) in [5.41, 5.74) is 6.25. The fraction of sp³-hybridized carbons (Fsp3) is 0. The van der Waals surface area contributed by atoms with Crippen LogP contribution in [0.1, 0.15) is 10.4 Å². The van der Waals surface area contributed by atoms with Crippen molar-refractivity contribution < 1.29 is 18.0 Å². The lowest BCUT2D eigenvalue weighted by Gasteiger charge is -2.10. The molecule has 23 heavy (non-hydrogen) atoms. The number of amides is 1. The highest BCUT2D eigenvalue weighted by Crippen LogP contribution is 2.14. The Bertz CT molecular complexity index is 718. The van der Waals surface area contributed by atoms with Crippen LogP contribution in [0.25, 0.3) is 0 Å². The minimum absolute atomic E-state index is 0. The Kier molecular flexibility index (Phi) is 6.35. The molecule has 0 atom stereocenters. The van der Waals surface area contributed by atoms with Gasteiger partial charge in [0, 0.05) is 16.9 Å². The van der Waals surface area contributed by atoms with Gasteiger partial charge in [-0.1, -0.05) is 0 Å². The zero-order valence-electron chi connectivity index (χ0n) is 11.4. The Morgan fingerprint density at radius 3 is 2.09 bits per heavy atom. The second-order valence-electron chi connectivity index (χ2n) is 4.28. The van der Waals surface area contributed by atoms with E-state index in [1.54, 1.807) is 24.3 Å². The molecule has 0 saturated carbocycles. The Labute approximate surface area is 141 Å². The highest BCUT2D eigenvalue weighted by atomic mass is 35.5. The number of halogens is 4. The average molecular weight is 362 g/mol. The van der Waals surface area contributed by atoms with Gasteiger partial charge < -0.3 is 11.1 Å². The summed E-state index contributed by atoms with van der Waals surface area (Å²) in [6, 6.07) is 7.67. The second kappa shape index (κ2) is 7.80. The van der Waals surface area contributed by atoms with Crippen molar-refractivity contribution in [3.63, 3.8) is 0 Å². The van der Waals surface area contributed by atoms with Gasteiger partial charge in [-0.25, -0.2) is 13.2 Å². The molecule has 9 heteroatoms. The molecule has 0 aliphatic heterocycles. The van der Waals surface area contributed by atoms with Gasteiger partial charge in [0.15, 0.2) is 22.6 Å². The molecule has 0 heterocycles. The van der Waals surface area contributed by atoms with Crippen LogP contribution in [0.15, 0.2) is 36.4 Å². The van der Waals surface area contributed by atoms with Gasteiger partial charge in [0.05, 0.1) is 0 Å². The van der Waals surface area contributed by atoms with E-state index < -0.39 is 28.9 Å². The Morgan fingerprint density at radius 2 is 1.57 bits per heavy atom. The minimum atomic E-state index is -1.64. The third kappa shape index (κ3) is 4.83. The highest BCUT2D eigenvalue weighted by molar-refractivity contribution is 7.80. The second-order valence-corrected chi connectivity index (χ2v) is 4.69. The van der Waals surface area contributed by atoms with E-state index in [1.165, 1.54) is 0 Å². The molecule has 4 nitrogen and oxygen atoms in total. The third-order valence-electron chi connectivity index (χ3n) is 2.64. The van der Waals surface area contributed by atoms with E-state index in [2.05, 4.69) is 10.6 Å². The van der Waals surface area contributed by atoms with Gasteiger partial charge in [-0.05, 0) is 48.6 Å². The number of nitrogen functional groups attached to an aromatic ring is 1. The highest BCUT2D eigenvalue weighted by Gasteiger charge is 2.15. The average Bonchev–Trinajstić information content (AvgIpc) is 2.46. The summed E-state index contributed by atoms with van der Waals surface area (Å²) in [4.78, 5) is 11.8. The van der Waals surface area contributed by atoms with Crippen LogP contribution in [0.2, 0.25) is 0 Å². The fourth-order valence-electron chi connectivity index (χ4n) is 1.59. The summed E-state index contributed by atoms with van der Waals surface area (Å²) >= 11 is 4.90. The van der Waals surface area contributed by atoms with E-state index in [-0.39, 0.29) is 17.5 Å². The topological polar surface area (TPSA) is 67.2 Å². The quantitative estimate of drug-likeness (QED) is 0.436. The number of benzene rings is 2. The van der Waals surface area contributed by atoms with Crippen LogP contribution < -0.4 is 16.4 Å². The molecular formula is C14H11ClF3N3OS.